The summed E-state index contributed by atoms with van der Waals surface area (Å²) in [5.41, 5.74) is 10.3. The average Bonchev–Trinajstić information content (AvgIpc) is 3.12. The number of pyridine rings is 1. The van der Waals surface area contributed by atoms with E-state index in [-0.39, 0.29) is 16.2 Å². The van der Waals surface area contributed by atoms with E-state index in [2.05, 4.69) is 85.7 Å². The Labute approximate surface area is 198 Å². The Bertz CT molecular complexity index is 1360. The zero-order valence-corrected chi connectivity index (χ0v) is 21.5. The monoisotopic (exact) mass is 439 g/mol. The minimum atomic E-state index is 0.0983. The lowest BCUT2D eigenvalue weighted by Gasteiger charge is -2.44. The molecule has 0 saturated heterocycles. The molecule has 33 heavy (non-hydrogen) atoms. The lowest BCUT2D eigenvalue weighted by molar-refractivity contribution is 0.331. The summed E-state index contributed by atoms with van der Waals surface area (Å²) >= 11 is 0. The van der Waals surface area contributed by atoms with Crippen molar-refractivity contribution in [2.24, 2.45) is 5.41 Å². The maximum atomic E-state index is 6.86. The van der Waals surface area contributed by atoms with Gasteiger partial charge in [0.2, 0.25) is 0 Å². The van der Waals surface area contributed by atoms with E-state index in [0.717, 1.165) is 28.8 Å². The van der Waals surface area contributed by atoms with Gasteiger partial charge in [-0.3, -0.25) is 4.98 Å². The average molecular weight is 440 g/mol. The Morgan fingerprint density at radius 2 is 1.52 bits per heavy atom. The molecule has 0 bridgehead atoms. The summed E-state index contributed by atoms with van der Waals surface area (Å²) in [6.45, 7) is 19.0. The summed E-state index contributed by atoms with van der Waals surface area (Å²) in [5, 5.41) is 2.53. The van der Waals surface area contributed by atoms with Crippen molar-refractivity contribution in [2.75, 3.05) is 0 Å². The molecule has 2 aromatic heterocycles. The van der Waals surface area contributed by atoms with E-state index < -0.39 is 0 Å². The molecule has 5 rings (SSSR count). The normalized spacial score (nSPS) is 17.5. The fraction of sp³-hybridized carbons (Fsp3) is 0.452. The van der Waals surface area contributed by atoms with Gasteiger partial charge in [-0.05, 0) is 70.8 Å². The highest BCUT2D eigenvalue weighted by Gasteiger charge is 2.42. The molecule has 2 heterocycles. The first-order valence-corrected chi connectivity index (χ1v) is 12.3. The van der Waals surface area contributed by atoms with Gasteiger partial charge in [-0.25, -0.2) is 0 Å². The molecule has 0 radical (unpaired) electrons. The number of hydrogen-bond acceptors (Lipinski definition) is 2. The minimum Gasteiger partial charge on any atom is -0.453 e. The SMILES string of the molecule is Cc1c2c(c3c(oc4c(-c5ccccc5)nccc43)c1CC(C)(C)C)C(C)(C)CCC2(C)C. The van der Waals surface area contributed by atoms with Crippen LogP contribution in [0.15, 0.2) is 47.0 Å². The van der Waals surface area contributed by atoms with Crippen LogP contribution < -0.4 is 0 Å². The summed E-state index contributed by atoms with van der Waals surface area (Å²) in [5.74, 6) is 0. The Balaban J connectivity index is 1.99. The molecular formula is C31H37NO. The molecule has 2 nitrogen and oxygen atoms in total. The zero-order chi connectivity index (χ0) is 23.8. The van der Waals surface area contributed by atoms with Gasteiger partial charge >= 0.3 is 0 Å². The number of furan rings is 1. The van der Waals surface area contributed by atoms with E-state index in [1.54, 1.807) is 5.56 Å². The van der Waals surface area contributed by atoms with Crippen LogP contribution in [0.5, 0.6) is 0 Å². The molecular weight excluding hydrogens is 402 g/mol. The largest absolute Gasteiger partial charge is 0.453 e. The van der Waals surface area contributed by atoms with Crippen LogP contribution in [0.1, 0.15) is 83.6 Å². The molecule has 2 heteroatoms. The van der Waals surface area contributed by atoms with Gasteiger partial charge in [0, 0.05) is 22.5 Å². The molecule has 0 atom stereocenters. The van der Waals surface area contributed by atoms with Crippen LogP contribution in [0.4, 0.5) is 0 Å². The summed E-state index contributed by atoms with van der Waals surface area (Å²) in [6.07, 6.45) is 5.34. The Morgan fingerprint density at radius 3 is 2.15 bits per heavy atom. The van der Waals surface area contributed by atoms with Crippen molar-refractivity contribution in [1.29, 1.82) is 0 Å². The lowest BCUT2D eigenvalue weighted by atomic mass is 9.60. The van der Waals surface area contributed by atoms with Gasteiger partial charge in [-0.15, -0.1) is 0 Å². The predicted octanol–water partition coefficient (Wildman–Crippen LogP) is 8.89. The number of rotatable bonds is 2. The highest BCUT2D eigenvalue weighted by atomic mass is 16.3. The van der Waals surface area contributed by atoms with E-state index in [9.17, 15) is 0 Å². The summed E-state index contributed by atoms with van der Waals surface area (Å²) < 4.78 is 6.86. The molecule has 2 aromatic carbocycles. The first-order valence-electron chi connectivity index (χ1n) is 12.3. The third kappa shape index (κ3) is 3.50. The molecule has 0 spiro atoms. The van der Waals surface area contributed by atoms with Crippen molar-refractivity contribution >= 4 is 21.9 Å². The topological polar surface area (TPSA) is 26.0 Å². The van der Waals surface area contributed by atoms with E-state index in [1.807, 2.05) is 12.3 Å². The van der Waals surface area contributed by atoms with Gasteiger partial charge in [0.15, 0.2) is 5.58 Å². The third-order valence-corrected chi connectivity index (χ3v) is 7.69. The molecule has 0 amide bonds. The maximum absolute atomic E-state index is 6.86. The second-order valence-electron chi connectivity index (χ2n) is 12.6. The summed E-state index contributed by atoms with van der Waals surface area (Å²) in [6, 6.07) is 12.6. The molecule has 4 aromatic rings. The van der Waals surface area contributed by atoms with Gasteiger partial charge in [-0.2, -0.15) is 0 Å². The number of benzene rings is 2. The van der Waals surface area contributed by atoms with Gasteiger partial charge in [0.1, 0.15) is 11.3 Å². The Kier molecular flexibility index (Phi) is 4.84. The van der Waals surface area contributed by atoms with Crippen LogP contribution in [0, 0.1) is 12.3 Å². The van der Waals surface area contributed by atoms with E-state index >= 15 is 0 Å². The Morgan fingerprint density at radius 1 is 0.879 bits per heavy atom. The molecule has 0 fully saturated rings. The smallest absolute Gasteiger partial charge is 0.161 e. The standard InChI is InChI=1S/C31H37NO/c1-19-22(18-29(2,3)4)27-23(25-24(19)30(5,6)15-16-31(25,7)8)21-14-17-32-26(28(21)33-27)20-12-10-9-11-13-20/h9-14,17H,15-16,18H2,1-8H3. The van der Waals surface area contributed by atoms with Crippen molar-refractivity contribution in [3.05, 3.63) is 64.8 Å². The highest BCUT2D eigenvalue weighted by molar-refractivity contribution is 6.12. The Hall–Kier alpha value is -2.61. The van der Waals surface area contributed by atoms with E-state index in [4.69, 9.17) is 9.40 Å². The molecule has 0 aliphatic heterocycles. The number of hydrogen-bond donors (Lipinski definition) is 0. The molecule has 0 saturated carbocycles. The second-order valence-corrected chi connectivity index (χ2v) is 12.6. The fourth-order valence-corrected chi connectivity index (χ4v) is 6.06. The van der Waals surface area contributed by atoms with Crippen LogP contribution >= 0.6 is 0 Å². The quantitative estimate of drug-likeness (QED) is 0.312. The predicted molar refractivity (Wildman–Crippen MR) is 140 cm³/mol. The number of nitrogens with zero attached hydrogens (tertiary/aromatic N) is 1. The van der Waals surface area contributed by atoms with Crippen LogP contribution in [-0.4, -0.2) is 4.98 Å². The molecule has 1 aliphatic carbocycles. The summed E-state index contributed by atoms with van der Waals surface area (Å²) in [4.78, 5) is 4.78. The molecule has 1 aliphatic rings. The van der Waals surface area contributed by atoms with E-state index in [1.165, 1.54) is 40.3 Å². The first kappa shape index (κ1) is 22.2. The van der Waals surface area contributed by atoms with Crippen LogP contribution in [-0.2, 0) is 17.3 Å². The molecule has 0 unspecified atom stereocenters. The van der Waals surface area contributed by atoms with Gasteiger partial charge in [0.25, 0.3) is 0 Å². The van der Waals surface area contributed by atoms with Crippen molar-refractivity contribution in [2.45, 2.75) is 85.5 Å². The maximum Gasteiger partial charge on any atom is 0.161 e. The van der Waals surface area contributed by atoms with Crippen molar-refractivity contribution < 1.29 is 4.42 Å². The lowest BCUT2D eigenvalue weighted by Crippen LogP contribution is -2.35. The van der Waals surface area contributed by atoms with Gasteiger partial charge in [-0.1, -0.05) is 78.8 Å². The molecule has 0 N–H and O–H groups in total. The van der Waals surface area contributed by atoms with Gasteiger partial charge < -0.3 is 4.42 Å². The van der Waals surface area contributed by atoms with Crippen LogP contribution in [0.2, 0.25) is 0 Å². The van der Waals surface area contributed by atoms with Crippen molar-refractivity contribution in [3.63, 3.8) is 0 Å². The first-order chi connectivity index (χ1) is 15.4. The van der Waals surface area contributed by atoms with Crippen molar-refractivity contribution in [3.8, 4) is 11.3 Å². The third-order valence-electron chi connectivity index (χ3n) is 7.69. The second kappa shape index (κ2) is 7.19. The minimum absolute atomic E-state index is 0.0983. The fourth-order valence-electron chi connectivity index (χ4n) is 6.06. The molecule has 172 valence electrons. The van der Waals surface area contributed by atoms with E-state index in [0.29, 0.717) is 0 Å². The highest BCUT2D eigenvalue weighted by Crippen LogP contribution is 2.53. The van der Waals surface area contributed by atoms with Crippen LogP contribution in [0.3, 0.4) is 0 Å². The summed E-state index contributed by atoms with van der Waals surface area (Å²) in [7, 11) is 0. The van der Waals surface area contributed by atoms with Gasteiger partial charge in [0.05, 0.1) is 0 Å². The number of fused-ring (bicyclic) bond motifs is 5. The zero-order valence-electron chi connectivity index (χ0n) is 21.5. The van der Waals surface area contributed by atoms with Crippen LogP contribution in [0.25, 0.3) is 33.2 Å². The van der Waals surface area contributed by atoms with Crippen molar-refractivity contribution in [1.82, 2.24) is 4.98 Å². The number of aromatic nitrogens is 1.